The van der Waals surface area contributed by atoms with Crippen molar-refractivity contribution in [1.29, 1.82) is 0 Å². The number of anilines is 1. The van der Waals surface area contributed by atoms with Gasteiger partial charge in [-0.2, -0.15) is 0 Å². The van der Waals surface area contributed by atoms with Gasteiger partial charge in [-0.05, 0) is 37.0 Å². The normalized spacial score (nSPS) is 15.2. The second-order valence-corrected chi connectivity index (χ2v) is 10.2. The Balaban J connectivity index is 1.29. The Morgan fingerprint density at radius 2 is 1.74 bits per heavy atom. The van der Waals surface area contributed by atoms with E-state index in [1.807, 2.05) is 54.6 Å². The molecule has 0 radical (unpaired) electrons. The summed E-state index contributed by atoms with van der Waals surface area (Å²) >= 11 is 0. The molecule has 3 aromatic rings. The number of rotatable bonds is 7. The third-order valence-corrected chi connectivity index (χ3v) is 7.23. The third kappa shape index (κ3) is 5.64. The first kappa shape index (κ1) is 21.4. The minimum atomic E-state index is -3.42. The molecule has 0 unspecified atom stereocenters. The first-order valence-corrected chi connectivity index (χ1v) is 12.5. The van der Waals surface area contributed by atoms with Crippen molar-refractivity contribution in [3.63, 3.8) is 0 Å². The predicted octanol–water partition coefficient (Wildman–Crippen LogP) is 2.65. The van der Waals surface area contributed by atoms with Crippen LogP contribution in [0.15, 0.2) is 54.6 Å². The molecule has 1 aliphatic rings. The quantitative estimate of drug-likeness (QED) is 0.610. The Kier molecular flexibility index (Phi) is 6.56. The van der Waals surface area contributed by atoms with Crippen LogP contribution in [0, 0.1) is 0 Å². The van der Waals surface area contributed by atoms with Gasteiger partial charge in [0.25, 0.3) is 0 Å². The second-order valence-electron chi connectivity index (χ2n) is 7.98. The fourth-order valence-corrected chi connectivity index (χ4v) is 5.25. The first-order chi connectivity index (χ1) is 15.0. The SMILES string of the molecule is O=C(CS(=O)(=O)CCCc1ccccc1)N1CCCN(c2nc3ccccc3[nH]2)CC1. The van der Waals surface area contributed by atoms with Crippen LogP contribution in [0.2, 0.25) is 0 Å². The first-order valence-electron chi connectivity index (χ1n) is 10.7. The number of imidazole rings is 1. The molecule has 0 aliphatic carbocycles. The number of nitrogens with one attached hydrogen (secondary N) is 1. The number of nitrogens with zero attached hydrogens (tertiary/aromatic N) is 3. The zero-order valence-electron chi connectivity index (χ0n) is 17.5. The van der Waals surface area contributed by atoms with Crippen molar-refractivity contribution in [3.8, 4) is 0 Å². The lowest BCUT2D eigenvalue weighted by Crippen LogP contribution is -2.39. The van der Waals surface area contributed by atoms with Crippen molar-refractivity contribution < 1.29 is 13.2 Å². The summed E-state index contributed by atoms with van der Waals surface area (Å²) < 4.78 is 24.9. The summed E-state index contributed by atoms with van der Waals surface area (Å²) in [5.74, 6) is 0.120. The maximum Gasteiger partial charge on any atom is 0.237 e. The van der Waals surface area contributed by atoms with Crippen LogP contribution in [0.25, 0.3) is 11.0 Å². The molecule has 1 aromatic heterocycles. The van der Waals surface area contributed by atoms with Gasteiger partial charge in [0.15, 0.2) is 9.84 Å². The van der Waals surface area contributed by atoms with Crippen LogP contribution < -0.4 is 4.90 Å². The largest absolute Gasteiger partial charge is 0.341 e. The van der Waals surface area contributed by atoms with Crippen molar-refractivity contribution in [2.45, 2.75) is 19.3 Å². The molecule has 1 saturated heterocycles. The average molecular weight is 441 g/mol. The van der Waals surface area contributed by atoms with Gasteiger partial charge < -0.3 is 14.8 Å². The van der Waals surface area contributed by atoms with E-state index in [1.165, 1.54) is 0 Å². The molecule has 0 spiro atoms. The molecule has 1 N–H and O–H groups in total. The van der Waals surface area contributed by atoms with Crippen molar-refractivity contribution in [2.75, 3.05) is 42.6 Å². The highest BCUT2D eigenvalue weighted by Crippen LogP contribution is 2.18. The van der Waals surface area contributed by atoms with E-state index in [0.717, 1.165) is 35.5 Å². The van der Waals surface area contributed by atoms with Crippen LogP contribution in [0.5, 0.6) is 0 Å². The molecule has 2 aromatic carbocycles. The maximum absolute atomic E-state index is 12.7. The minimum absolute atomic E-state index is 0.0343. The van der Waals surface area contributed by atoms with Gasteiger partial charge in [-0.15, -0.1) is 0 Å². The lowest BCUT2D eigenvalue weighted by Gasteiger charge is -2.21. The summed E-state index contributed by atoms with van der Waals surface area (Å²) in [5.41, 5.74) is 3.01. The lowest BCUT2D eigenvalue weighted by molar-refractivity contribution is -0.128. The predicted molar refractivity (Wildman–Crippen MR) is 123 cm³/mol. The van der Waals surface area contributed by atoms with Gasteiger partial charge in [0.05, 0.1) is 16.8 Å². The zero-order valence-corrected chi connectivity index (χ0v) is 18.4. The molecule has 0 saturated carbocycles. The molecular formula is C23H28N4O3S. The van der Waals surface area contributed by atoms with Crippen LogP contribution in [0.3, 0.4) is 0 Å². The number of aromatic amines is 1. The molecule has 1 aliphatic heterocycles. The van der Waals surface area contributed by atoms with Gasteiger partial charge in [-0.1, -0.05) is 42.5 Å². The van der Waals surface area contributed by atoms with Crippen LogP contribution in [-0.2, 0) is 21.1 Å². The number of benzene rings is 2. The molecule has 0 bridgehead atoms. The van der Waals surface area contributed by atoms with Crippen molar-refractivity contribution in [3.05, 3.63) is 60.2 Å². The number of amides is 1. The fourth-order valence-electron chi connectivity index (χ4n) is 3.96. The highest BCUT2D eigenvalue weighted by atomic mass is 32.2. The standard InChI is InChI=1S/C23H28N4O3S/c28-22(18-31(29,30)17-6-10-19-8-2-1-3-9-19)26-13-7-14-27(16-15-26)23-24-20-11-4-5-12-21(20)25-23/h1-5,8-9,11-12H,6-7,10,13-18H2,(H,24,25). The van der Waals surface area contributed by atoms with E-state index in [-0.39, 0.29) is 11.7 Å². The smallest absolute Gasteiger partial charge is 0.237 e. The number of aryl methyl sites for hydroxylation is 1. The Morgan fingerprint density at radius 1 is 0.968 bits per heavy atom. The summed E-state index contributed by atoms with van der Waals surface area (Å²) in [6, 6.07) is 17.7. The van der Waals surface area contributed by atoms with Gasteiger partial charge in [0.2, 0.25) is 11.9 Å². The topological polar surface area (TPSA) is 86.4 Å². The van der Waals surface area contributed by atoms with Crippen LogP contribution in [0.4, 0.5) is 5.95 Å². The number of aromatic nitrogens is 2. The van der Waals surface area contributed by atoms with E-state index in [1.54, 1.807) is 4.90 Å². The monoisotopic (exact) mass is 440 g/mol. The highest BCUT2D eigenvalue weighted by molar-refractivity contribution is 7.92. The summed E-state index contributed by atoms with van der Waals surface area (Å²) in [7, 11) is -3.42. The van der Waals surface area contributed by atoms with Crippen LogP contribution in [0.1, 0.15) is 18.4 Å². The van der Waals surface area contributed by atoms with Crippen LogP contribution >= 0.6 is 0 Å². The average Bonchev–Trinajstić information content (AvgIpc) is 3.03. The molecule has 2 heterocycles. The fraction of sp³-hybridized carbons (Fsp3) is 0.391. The van der Waals surface area contributed by atoms with Gasteiger partial charge >= 0.3 is 0 Å². The molecule has 0 atom stereocenters. The molecule has 7 nitrogen and oxygen atoms in total. The molecule has 31 heavy (non-hydrogen) atoms. The Labute approximate surface area is 183 Å². The number of hydrogen-bond donors (Lipinski definition) is 1. The number of para-hydroxylation sites is 2. The number of sulfone groups is 1. The number of fused-ring (bicyclic) bond motifs is 1. The van der Waals surface area contributed by atoms with Gasteiger partial charge in [0, 0.05) is 26.2 Å². The van der Waals surface area contributed by atoms with Crippen molar-refractivity contribution in [1.82, 2.24) is 14.9 Å². The highest BCUT2D eigenvalue weighted by Gasteiger charge is 2.25. The molecule has 164 valence electrons. The van der Waals surface area contributed by atoms with E-state index >= 15 is 0 Å². The second kappa shape index (κ2) is 9.51. The summed E-state index contributed by atoms with van der Waals surface area (Å²) in [6.07, 6.45) is 2.00. The van der Waals surface area contributed by atoms with Gasteiger partial charge in [-0.25, -0.2) is 13.4 Å². The van der Waals surface area contributed by atoms with Crippen molar-refractivity contribution in [2.24, 2.45) is 0 Å². The van der Waals surface area contributed by atoms with E-state index < -0.39 is 15.6 Å². The number of hydrogen-bond acceptors (Lipinski definition) is 5. The molecule has 1 fully saturated rings. The van der Waals surface area contributed by atoms with E-state index in [9.17, 15) is 13.2 Å². The summed E-state index contributed by atoms with van der Waals surface area (Å²) in [6.45, 7) is 2.46. The zero-order chi connectivity index (χ0) is 21.7. The Hall–Kier alpha value is -2.87. The minimum Gasteiger partial charge on any atom is -0.341 e. The molecule has 4 rings (SSSR count). The molecule has 1 amide bonds. The third-order valence-electron chi connectivity index (χ3n) is 5.63. The van der Waals surface area contributed by atoms with Crippen LogP contribution in [-0.4, -0.2) is 66.9 Å². The van der Waals surface area contributed by atoms with Gasteiger partial charge in [-0.3, -0.25) is 4.79 Å². The summed E-state index contributed by atoms with van der Waals surface area (Å²) in [4.78, 5) is 24.5. The Bertz CT molecular complexity index is 1090. The maximum atomic E-state index is 12.7. The number of H-pyrrole nitrogens is 1. The van der Waals surface area contributed by atoms with E-state index in [4.69, 9.17) is 0 Å². The van der Waals surface area contributed by atoms with E-state index in [0.29, 0.717) is 32.5 Å². The number of carbonyl (C=O) groups excluding carboxylic acids is 1. The summed E-state index contributed by atoms with van der Waals surface area (Å²) in [5, 5.41) is 0. The Morgan fingerprint density at radius 3 is 2.55 bits per heavy atom. The molecular weight excluding hydrogens is 412 g/mol. The molecule has 8 heteroatoms. The van der Waals surface area contributed by atoms with Gasteiger partial charge in [0.1, 0.15) is 5.75 Å². The van der Waals surface area contributed by atoms with Crippen molar-refractivity contribution >= 4 is 32.7 Å². The lowest BCUT2D eigenvalue weighted by atomic mass is 10.1. The van der Waals surface area contributed by atoms with E-state index in [2.05, 4.69) is 14.9 Å². The number of carbonyl (C=O) groups is 1.